The molecule has 3 aliphatic heterocycles. The number of aromatic amines is 1. The molecule has 4 aromatic rings. The number of piperazine rings is 1. The van der Waals surface area contributed by atoms with Crippen molar-refractivity contribution < 1.29 is 46.3 Å². The van der Waals surface area contributed by atoms with E-state index in [9.17, 15) is 46.7 Å². The first-order chi connectivity index (χ1) is 31.9. The van der Waals surface area contributed by atoms with E-state index in [4.69, 9.17) is 0 Å². The molecule has 2 fully saturated rings. The highest BCUT2D eigenvalue weighted by atomic mass is 19.4. The van der Waals surface area contributed by atoms with Crippen molar-refractivity contribution in [3.63, 3.8) is 0 Å². The van der Waals surface area contributed by atoms with Crippen molar-refractivity contribution >= 4 is 52.5 Å². The number of rotatable bonds is 16. The van der Waals surface area contributed by atoms with Gasteiger partial charge in [0.1, 0.15) is 11.9 Å². The van der Waals surface area contributed by atoms with Crippen LogP contribution in [0.4, 0.5) is 34.6 Å². The van der Waals surface area contributed by atoms with Gasteiger partial charge in [-0.2, -0.15) is 13.2 Å². The number of carbonyl (C=O) groups excluding carboxylic acids is 6. The number of alkyl halides is 3. The summed E-state index contributed by atoms with van der Waals surface area (Å²) in [4.78, 5) is 96.3. The topological polar surface area (TPSA) is 193 Å². The Balaban J connectivity index is 0.918. The minimum atomic E-state index is -4.99. The Hall–Kier alpha value is -6.89. The SMILES string of the molecule is C[C@@H]1CN(c2ccc(-c3cc(C(=O)NCCCCCCCCNc4cccc5c4C(=O)N(C4CCC(=O)NC4=O)C5=O)ccc3F)cc2NC(=O)c2c[nH]c(=O)cc2C(F)(F)F)C[C@H](C)N1C. The van der Waals surface area contributed by atoms with E-state index in [1.54, 1.807) is 30.3 Å². The number of unbranched alkanes of at least 4 members (excludes halogenated alkanes) is 5. The van der Waals surface area contributed by atoms with Crippen molar-refractivity contribution in [1.29, 1.82) is 0 Å². The van der Waals surface area contributed by atoms with E-state index < -0.39 is 70.2 Å². The van der Waals surface area contributed by atoms with Crippen LogP contribution >= 0.6 is 0 Å². The summed E-state index contributed by atoms with van der Waals surface area (Å²) in [6.45, 7) is 6.01. The summed E-state index contributed by atoms with van der Waals surface area (Å²) in [5.41, 5.74) is -1.20. The third-order valence-electron chi connectivity index (χ3n) is 12.6. The van der Waals surface area contributed by atoms with Crippen LogP contribution in [0.25, 0.3) is 11.1 Å². The van der Waals surface area contributed by atoms with Crippen LogP contribution in [0.3, 0.4) is 0 Å². The Morgan fingerprint density at radius 2 is 1.49 bits per heavy atom. The van der Waals surface area contributed by atoms with E-state index in [-0.39, 0.29) is 58.4 Å². The van der Waals surface area contributed by atoms with Gasteiger partial charge in [-0.05, 0) is 88.2 Å². The molecule has 67 heavy (non-hydrogen) atoms. The number of fused-ring (bicyclic) bond motifs is 1. The van der Waals surface area contributed by atoms with Gasteiger partial charge in [-0.3, -0.25) is 48.7 Å². The standard InChI is InChI=1S/C48H52F4N8O7/c1-27-25-59(26-28(2)58(27)3)38-16-14-29(22-37(38)56-44(64)33-24-55-41(62)23-34(33)48(50,51)52)32-21-30(13-15-35(32)49)43(63)54-20-9-7-5-4-6-8-19-53-36-12-10-11-31-42(36)47(67)60(46(31)66)39-17-18-40(61)57-45(39)65/h10-16,21-24,27-28,39,53H,4-9,17-20,25-26H2,1-3H3,(H,54,63)(H,55,62)(H,56,64)(H,57,61,65)/t27-,28+,39?. The molecule has 3 aliphatic rings. The van der Waals surface area contributed by atoms with Crippen molar-refractivity contribution in [1.82, 2.24) is 25.4 Å². The van der Waals surface area contributed by atoms with Gasteiger partial charge in [0, 0.05) is 73.8 Å². The highest BCUT2D eigenvalue weighted by molar-refractivity contribution is 6.25. The summed E-state index contributed by atoms with van der Waals surface area (Å²) >= 11 is 0. The molecule has 2 saturated heterocycles. The van der Waals surface area contributed by atoms with Crippen LogP contribution in [0.2, 0.25) is 0 Å². The molecule has 1 unspecified atom stereocenters. The number of pyridine rings is 1. The normalized spacial score (nSPS) is 18.8. The Labute approximate surface area is 383 Å². The lowest BCUT2D eigenvalue weighted by molar-refractivity contribution is -0.138. The zero-order valence-corrected chi connectivity index (χ0v) is 37.3. The van der Waals surface area contributed by atoms with Crippen molar-refractivity contribution in [2.45, 2.75) is 89.5 Å². The Kier molecular flexibility index (Phi) is 14.6. The number of H-pyrrole nitrogens is 1. The first kappa shape index (κ1) is 48.1. The Bertz CT molecular complexity index is 2640. The van der Waals surface area contributed by atoms with Crippen molar-refractivity contribution in [3.8, 4) is 11.1 Å². The minimum Gasteiger partial charge on any atom is -0.384 e. The number of amides is 6. The van der Waals surface area contributed by atoms with Crippen LogP contribution in [0.5, 0.6) is 0 Å². The molecule has 1 aromatic heterocycles. The second-order valence-electron chi connectivity index (χ2n) is 17.3. The fourth-order valence-corrected chi connectivity index (χ4v) is 8.80. The smallest absolute Gasteiger partial charge is 0.384 e. The van der Waals surface area contributed by atoms with E-state index >= 15 is 4.39 Å². The predicted molar refractivity (Wildman–Crippen MR) is 242 cm³/mol. The highest BCUT2D eigenvalue weighted by Gasteiger charge is 2.45. The summed E-state index contributed by atoms with van der Waals surface area (Å²) in [5.74, 6) is -4.46. The average molecular weight is 929 g/mol. The largest absolute Gasteiger partial charge is 0.417 e. The number of likely N-dealkylation sites (N-methyl/N-ethyl adjacent to an activating group) is 1. The molecule has 3 aromatic carbocycles. The first-order valence-electron chi connectivity index (χ1n) is 22.3. The summed E-state index contributed by atoms with van der Waals surface area (Å²) in [6.07, 6.45) is 0.816. The fraction of sp³-hybridized carbons (Fsp3) is 0.396. The number of aromatic nitrogens is 1. The molecule has 7 rings (SSSR count). The van der Waals surface area contributed by atoms with Gasteiger partial charge in [0.2, 0.25) is 17.4 Å². The zero-order chi connectivity index (χ0) is 48.2. The average Bonchev–Trinajstić information content (AvgIpc) is 3.54. The van der Waals surface area contributed by atoms with Gasteiger partial charge in [-0.25, -0.2) is 4.39 Å². The minimum absolute atomic E-state index is 0.0373. The lowest BCUT2D eigenvalue weighted by atomic mass is 9.99. The van der Waals surface area contributed by atoms with E-state index in [2.05, 4.69) is 31.2 Å². The number of carbonyl (C=O) groups is 6. The molecule has 0 bridgehead atoms. The third kappa shape index (κ3) is 10.7. The number of halogens is 4. The van der Waals surface area contributed by atoms with Crippen LogP contribution in [-0.2, 0) is 15.8 Å². The molecule has 0 radical (unpaired) electrons. The molecule has 6 amide bonds. The predicted octanol–water partition coefficient (Wildman–Crippen LogP) is 6.56. The molecule has 5 N–H and O–H groups in total. The number of hydrogen-bond donors (Lipinski definition) is 5. The molecule has 4 heterocycles. The number of nitrogens with one attached hydrogen (secondary N) is 5. The van der Waals surface area contributed by atoms with E-state index in [1.807, 2.05) is 25.8 Å². The fourth-order valence-electron chi connectivity index (χ4n) is 8.80. The molecule has 15 nitrogen and oxygen atoms in total. The second kappa shape index (κ2) is 20.3. The summed E-state index contributed by atoms with van der Waals surface area (Å²) in [5, 5.41) is 10.9. The van der Waals surface area contributed by atoms with Gasteiger partial charge < -0.3 is 25.8 Å². The summed E-state index contributed by atoms with van der Waals surface area (Å²) < 4.78 is 57.3. The third-order valence-corrected chi connectivity index (χ3v) is 12.6. The van der Waals surface area contributed by atoms with Gasteiger partial charge in [-0.1, -0.05) is 37.8 Å². The molecule has 0 spiro atoms. The Morgan fingerprint density at radius 1 is 0.791 bits per heavy atom. The van der Waals surface area contributed by atoms with Crippen molar-refractivity contribution in [2.24, 2.45) is 0 Å². The molecule has 3 atom stereocenters. The summed E-state index contributed by atoms with van der Waals surface area (Å²) in [7, 11) is 1.99. The molecular formula is C48H52F4N8O7. The molecule has 0 saturated carbocycles. The maximum Gasteiger partial charge on any atom is 0.417 e. The van der Waals surface area contributed by atoms with E-state index in [0.29, 0.717) is 56.2 Å². The van der Waals surface area contributed by atoms with Crippen molar-refractivity contribution in [3.05, 3.63) is 111 Å². The van der Waals surface area contributed by atoms with Gasteiger partial charge in [0.05, 0.1) is 33.6 Å². The lowest BCUT2D eigenvalue weighted by Gasteiger charge is -2.44. The van der Waals surface area contributed by atoms with Gasteiger partial charge >= 0.3 is 6.18 Å². The number of hydrogen-bond acceptors (Lipinski definition) is 10. The van der Waals surface area contributed by atoms with Crippen LogP contribution in [0.15, 0.2) is 71.7 Å². The van der Waals surface area contributed by atoms with Crippen molar-refractivity contribution in [2.75, 3.05) is 48.8 Å². The Morgan fingerprint density at radius 3 is 2.19 bits per heavy atom. The van der Waals surface area contributed by atoms with Crippen LogP contribution < -0.4 is 31.7 Å². The lowest BCUT2D eigenvalue weighted by Crippen LogP contribution is -2.55. The number of benzene rings is 3. The quantitative estimate of drug-likeness (QED) is 0.0467. The van der Waals surface area contributed by atoms with E-state index in [0.717, 1.165) is 43.1 Å². The van der Waals surface area contributed by atoms with E-state index in [1.165, 1.54) is 18.2 Å². The van der Waals surface area contributed by atoms with Crippen LogP contribution in [0.1, 0.15) is 112 Å². The second-order valence-corrected chi connectivity index (χ2v) is 17.3. The number of nitrogens with zero attached hydrogens (tertiary/aromatic N) is 3. The van der Waals surface area contributed by atoms with Gasteiger partial charge in [0.15, 0.2) is 0 Å². The highest BCUT2D eigenvalue weighted by Crippen LogP contribution is 2.37. The van der Waals surface area contributed by atoms with Gasteiger partial charge in [-0.15, -0.1) is 0 Å². The summed E-state index contributed by atoms with van der Waals surface area (Å²) in [6, 6.07) is 13.0. The zero-order valence-electron chi connectivity index (χ0n) is 37.3. The maximum absolute atomic E-state index is 15.5. The maximum atomic E-state index is 15.5. The van der Waals surface area contributed by atoms with Crippen LogP contribution in [0, 0.1) is 5.82 Å². The molecule has 354 valence electrons. The molecular weight excluding hydrogens is 877 g/mol. The monoisotopic (exact) mass is 928 g/mol. The molecule has 0 aliphatic carbocycles. The number of anilines is 3. The van der Waals surface area contributed by atoms with Crippen LogP contribution in [-0.4, -0.2) is 102 Å². The van der Waals surface area contributed by atoms with Gasteiger partial charge in [0.25, 0.3) is 23.6 Å². The molecule has 19 heteroatoms. The number of piperidine rings is 1. The number of imide groups is 2. The first-order valence-corrected chi connectivity index (χ1v) is 22.3.